The number of carboxylic acid groups (broad SMARTS) is 1. The third-order valence-corrected chi connectivity index (χ3v) is 3.01. The first-order valence-electron chi connectivity index (χ1n) is 7.35. The number of carbonyl (C=O) groups is 2. The largest absolute Gasteiger partial charge is 0.481 e. The van der Waals surface area contributed by atoms with Crippen molar-refractivity contribution in [3.05, 3.63) is 0 Å². The minimum atomic E-state index is -0.894. The number of nitrogens with one attached hydrogen (secondary N) is 1. The molecule has 0 aliphatic rings. The summed E-state index contributed by atoms with van der Waals surface area (Å²) in [6.45, 7) is 6.51. The van der Waals surface area contributed by atoms with Crippen LogP contribution in [-0.4, -0.2) is 68.6 Å². The highest BCUT2D eigenvalue weighted by atomic mass is 16.5. The van der Waals surface area contributed by atoms with Crippen LogP contribution in [0.15, 0.2) is 0 Å². The van der Waals surface area contributed by atoms with Crippen molar-refractivity contribution in [1.29, 1.82) is 0 Å². The predicted octanol–water partition coefficient (Wildman–Crippen LogP) is 1.18. The number of unbranched alkanes of at least 4 members (excludes halogenated alkanes) is 1. The zero-order valence-corrected chi connectivity index (χ0v) is 13.3. The maximum atomic E-state index is 11.9. The maximum absolute atomic E-state index is 11.9. The molecule has 1 atom stereocenters. The van der Waals surface area contributed by atoms with Gasteiger partial charge < -0.3 is 24.8 Å². The zero-order chi connectivity index (χ0) is 16.1. The van der Waals surface area contributed by atoms with Crippen molar-refractivity contribution in [2.75, 3.05) is 46.6 Å². The van der Waals surface area contributed by atoms with Crippen LogP contribution in [0.4, 0.5) is 4.79 Å². The van der Waals surface area contributed by atoms with Gasteiger partial charge in [0.25, 0.3) is 0 Å². The number of ether oxygens (including phenoxy) is 2. The minimum absolute atomic E-state index is 0.217. The second kappa shape index (κ2) is 12.4. The number of carboxylic acids is 1. The van der Waals surface area contributed by atoms with Crippen LogP contribution in [-0.2, 0) is 14.3 Å². The van der Waals surface area contributed by atoms with Gasteiger partial charge >= 0.3 is 12.0 Å². The van der Waals surface area contributed by atoms with Gasteiger partial charge in [0.05, 0.1) is 19.1 Å². The first kappa shape index (κ1) is 19.7. The van der Waals surface area contributed by atoms with Crippen LogP contribution < -0.4 is 5.32 Å². The fourth-order valence-electron chi connectivity index (χ4n) is 1.64. The van der Waals surface area contributed by atoms with Crippen LogP contribution in [0.3, 0.4) is 0 Å². The van der Waals surface area contributed by atoms with Gasteiger partial charge in [0, 0.05) is 33.4 Å². The van der Waals surface area contributed by atoms with E-state index < -0.39 is 11.9 Å². The highest BCUT2D eigenvalue weighted by Crippen LogP contribution is 2.01. The Morgan fingerprint density at radius 1 is 1.24 bits per heavy atom. The van der Waals surface area contributed by atoms with Gasteiger partial charge in [-0.15, -0.1) is 0 Å². The summed E-state index contributed by atoms with van der Waals surface area (Å²) in [6, 6.07) is -0.217. The summed E-state index contributed by atoms with van der Waals surface area (Å²) in [5, 5.41) is 11.7. The van der Waals surface area contributed by atoms with Crippen molar-refractivity contribution in [3.63, 3.8) is 0 Å². The van der Waals surface area contributed by atoms with Crippen LogP contribution in [0.5, 0.6) is 0 Å². The molecule has 0 saturated heterocycles. The molecule has 0 aromatic rings. The number of nitrogens with zero attached hydrogens (tertiary/aromatic N) is 1. The Balaban J connectivity index is 3.73. The Kier molecular flexibility index (Phi) is 11.6. The zero-order valence-electron chi connectivity index (χ0n) is 13.3. The minimum Gasteiger partial charge on any atom is -0.481 e. The number of amides is 2. The number of hydrogen-bond acceptors (Lipinski definition) is 4. The highest BCUT2D eigenvalue weighted by molar-refractivity contribution is 5.75. The molecule has 0 aromatic heterocycles. The molecule has 2 N–H and O–H groups in total. The van der Waals surface area contributed by atoms with Gasteiger partial charge in [0.15, 0.2) is 0 Å². The summed E-state index contributed by atoms with van der Waals surface area (Å²) in [5.74, 6) is -1.46. The number of methoxy groups -OCH3 is 1. The van der Waals surface area contributed by atoms with Gasteiger partial charge in [-0.25, -0.2) is 4.79 Å². The van der Waals surface area contributed by atoms with Crippen molar-refractivity contribution in [2.24, 2.45) is 5.92 Å². The van der Waals surface area contributed by atoms with E-state index in [2.05, 4.69) is 5.32 Å². The molecule has 21 heavy (non-hydrogen) atoms. The number of aliphatic carboxylic acids is 1. The lowest BCUT2D eigenvalue weighted by molar-refractivity contribution is -0.141. The smallest absolute Gasteiger partial charge is 0.317 e. The second-order valence-electron chi connectivity index (χ2n) is 4.82. The maximum Gasteiger partial charge on any atom is 0.317 e. The molecule has 0 spiro atoms. The highest BCUT2D eigenvalue weighted by Gasteiger charge is 2.18. The summed E-state index contributed by atoms with van der Waals surface area (Å²) in [4.78, 5) is 24.2. The average Bonchev–Trinajstić information content (AvgIpc) is 2.46. The Morgan fingerprint density at radius 3 is 2.52 bits per heavy atom. The Labute approximate surface area is 126 Å². The van der Waals surface area contributed by atoms with E-state index in [0.29, 0.717) is 32.9 Å². The van der Waals surface area contributed by atoms with E-state index in [1.807, 2.05) is 6.92 Å². The number of rotatable bonds is 12. The van der Waals surface area contributed by atoms with Gasteiger partial charge in [0.1, 0.15) is 0 Å². The molecule has 0 rings (SSSR count). The van der Waals surface area contributed by atoms with Gasteiger partial charge in [-0.05, 0) is 19.8 Å². The molecule has 124 valence electrons. The van der Waals surface area contributed by atoms with Crippen LogP contribution in [0, 0.1) is 5.92 Å². The molecule has 0 aromatic carbocycles. The lowest BCUT2D eigenvalue weighted by Gasteiger charge is -2.23. The van der Waals surface area contributed by atoms with Crippen molar-refractivity contribution >= 4 is 12.0 Å². The molecule has 0 aliphatic carbocycles. The Hall–Kier alpha value is -1.34. The molecular weight excluding hydrogens is 276 g/mol. The van der Waals surface area contributed by atoms with E-state index in [1.54, 1.807) is 14.0 Å². The Morgan fingerprint density at radius 2 is 1.95 bits per heavy atom. The number of urea groups is 1. The number of hydrogen-bond donors (Lipinski definition) is 2. The van der Waals surface area contributed by atoms with Gasteiger partial charge in [-0.3, -0.25) is 4.79 Å². The third-order valence-electron chi connectivity index (χ3n) is 3.01. The SMILES string of the molecule is CCN(CC(C)C(=O)O)C(=O)NCCCCOCCOC. The van der Waals surface area contributed by atoms with Gasteiger partial charge in [0.2, 0.25) is 0 Å². The van der Waals surface area contributed by atoms with Crippen molar-refractivity contribution in [2.45, 2.75) is 26.7 Å². The molecular formula is C14H28N2O5. The van der Waals surface area contributed by atoms with Crippen LogP contribution in [0.2, 0.25) is 0 Å². The van der Waals surface area contributed by atoms with E-state index in [0.717, 1.165) is 12.8 Å². The first-order chi connectivity index (χ1) is 10.0. The van der Waals surface area contributed by atoms with E-state index >= 15 is 0 Å². The summed E-state index contributed by atoms with van der Waals surface area (Å²) >= 11 is 0. The topological polar surface area (TPSA) is 88.1 Å². The molecule has 1 unspecified atom stereocenters. The molecule has 2 amide bonds. The summed E-state index contributed by atoms with van der Waals surface area (Å²) in [7, 11) is 1.63. The normalized spacial score (nSPS) is 12.0. The lowest BCUT2D eigenvalue weighted by atomic mass is 10.2. The summed E-state index contributed by atoms with van der Waals surface area (Å²) < 4.78 is 10.2. The standard InChI is InChI=1S/C14H28N2O5/c1-4-16(11-12(2)13(17)18)14(19)15-7-5-6-8-21-10-9-20-3/h12H,4-11H2,1-3H3,(H,15,19)(H,17,18). The molecule has 7 heteroatoms. The third kappa shape index (κ3) is 10.1. The van der Waals surface area contributed by atoms with E-state index in [4.69, 9.17) is 14.6 Å². The van der Waals surface area contributed by atoms with Gasteiger partial charge in [-0.2, -0.15) is 0 Å². The fourth-order valence-corrected chi connectivity index (χ4v) is 1.64. The molecule has 0 fully saturated rings. The van der Waals surface area contributed by atoms with Crippen molar-refractivity contribution < 1.29 is 24.2 Å². The molecule has 0 radical (unpaired) electrons. The molecule has 7 nitrogen and oxygen atoms in total. The summed E-state index contributed by atoms with van der Waals surface area (Å²) in [5.41, 5.74) is 0. The molecule has 0 bridgehead atoms. The quantitative estimate of drug-likeness (QED) is 0.529. The van der Waals surface area contributed by atoms with Crippen LogP contribution in [0.1, 0.15) is 26.7 Å². The van der Waals surface area contributed by atoms with Crippen molar-refractivity contribution in [1.82, 2.24) is 10.2 Å². The first-order valence-corrected chi connectivity index (χ1v) is 7.35. The van der Waals surface area contributed by atoms with Crippen molar-refractivity contribution in [3.8, 4) is 0 Å². The molecule has 0 aliphatic heterocycles. The fraction of sp³-hybridized carbons (Fsp3) is 0.857. The van der Waals surface area contributed by atoms with Gasteiger partial charge in [-0.1, -0.05) is 6.92 Å². The number of carbonyl (C=O) groups excluding carboxylic acids is 1. The monoisotopic (exact) mass is 304 g/mol. The predicted molar refractivity (Wildman–Crippen MR) is 79.4 cm³/mol. The summed E-state index contributed by atoms with van der Waals surface area (Å²) in [6.07, 6.45) is 1.69. The van der Waals surface area contributed by atoms with E-state index in [-0.39, 0.29) is 12.6 Å². The van der Waals surface area contributed by atoms with E-state index in [1.165, 1.54) is 4.90 Å². The lowest BCUT2D eigenvalue weighted by Crippen LogP contribution is -2.43. The molecule has 0 heterocycles. The average molecular weight is 304 g/mol. The van der Waals surface area contributed by atoms with Crippen LogP contribution >= 0.6 is 0 Å². The molecule has 0 saturated carbocycles. The van der Waals surface area contributed by atoms with Crippen LogP contribution in [0.25, 0.3) is 0 Å². The second-order valence-corrected chi connectivity index (χ2v) is 4.82. The Bertz CT molecular complexity index is 299. The van der Waals surface area contributed by atoms with E-state index in [9.17, 15) is 9.59 Å².